The van der Waals surface area contributed by atoms with Gasteiger partial charge in [-0.1, -0.05) is 109 Å². The minimum absolute atomic E-state index is 0.109. The second-order valence-electron chi connectivity index (χ2n) is 20.0. The molecule has 7 aromatic rings. The van der Waals surface area contributed by atoms with Crippen LogP contribution in [0.4, 0.5) is 0 Å². The Morgan fingerprint density at radius 1 is 0.515 bits per heavy atom. The fraction of sp³-hybridized carbons (Fsp3) is 0.333. The zero-order chi connectivity index (χ0) is 44.8. The van der Waals surface area contributed by atoms with Crippen LogP contribution in [0.25, 0.3) is 43.4 Å². The second-order valence-corrected chi connectivity index (χ2v) is 20.0. The van der Waals surface area contributed by atoms with Gasteiger partial charge in [0.2, 0.25) is 0 Å². The topological polar surface area (TPSA) is 44.2 Å². The number of rotatable bonds is 16. The van der Waals surface area contributed by atoms with Gasteiger partial charge in [0.25, 0.3) is 0 Å². The lowest BCUT2D eigenvalue weighted by molar-refractivity contribution is -0.985. The smallest absolute Gasteiger partial charge is 0.135 e. The molecule has 2 aromatic heterocycles. The van der Waals surface area contributed by atoms with Crippen molar-refractivity contribution in [3.05, 3.63) is 194 Å². The number of quaternary nitrogens is 2. The van der Waals surface area contributed by atoms with Crippen molar-refractivity contribution in [3.63, 3.8) is 0 Å². The van der Waals surface area contributed by atoms with E-state index in [1.54, 1.807) is 0 Å². The summed E-state index contributed by atoms with van der Waals surface area (Å²) in [5.41, 5.74) is 7.40. The molecule has 10 atom stereocenters. The van der Waals surface area contributed by atoms with Crippen LogP contribution in [0.3, 0.4) is 0 Å². The molecule has 6 saturated heterocycles. The van der Waals surface area contributed by atoms with E-state index in [1.807, 2.05) is 24.5 Å². The maximum atomic E-state index is 7.03. The van der Waals surface area contributed by atoms with E-state index in [0.717, 1.165) is 72.1 Å². The zero-order valence-electron chi connectivity index (χ0n) is 38.4. The average Bonchev–Trinajstić information content (AvgIpc) is 3.38. The zero-order valence-corrected chi connectivity index (χ0v) is 38.4. The third-order valence-electron chi connectivity index (χ3n) is 16.9. The van der Waals surface area contributed by atoms with E-state index in [0.29, 0.717) is 36.9 Å². The molecule has 0 unspecified atom stereocenters. The van der Waals surface area contributed by atoms with Gasteiger partial charge in [-0.05, 0) is 68.8 Å². The van der Waals surface area contributed by atoms with Gasteiger partial charge in [0.1, 0.15) is 37.4 Å². The minimum atomic E-state index is -0.109. The molecule has 6 nitrogen and oxygen atoms in total. The van der Waals surface area contributed by atoms with Crippen molar-refractivity contribution in [1.82, 2.24) is 9.97 Å². The maximum absolute atomic E-state index is 7.03. The van der Waals surface area contributed by atoms with Crippen LogP contribution in [0.2, 0.25) is 0 Å². The summed E-state index contributed by atoms with van der Waals surface area (Å²) in [5.74, 6) is 2.10. The largest absolute Gasteiger partial charge is 0.363 e. The number of piperidine rings is 6. The van der Waals surface area contributed by atoms with Gasteiger partial charge in [-0.15, -0.1) is 26.3 Å². The molecule has 4 bridgehead atoms. The molecule has 5 aromatic carbocycles. The molecular formula is C60H64N4O2+2. The predicted molar refractivity (Wildman–Crippen MR) is 271 cm³/mol. The van der Waals surface area contributed by atoms with Crippen molar-refractivity contribution < 1.29 is 18.4 Å². The summed E-state index contributed by atoms with van der Waals surface area (Å²) in [6, 6.07) is 40.8. The molecule has 13 rings (SSSR count). The number of ether oxygens (including phenoxy) is 2. The van der Waals surface area contributed by atoms with Gasteiger partial charge in [-0.2, -0.15) is 0 Å². The van der Waals surface area contributed by atoms with Gasteiger partial charge < -0.3 is 18.4 Å². The number of fused-ring (bicyclic) bond motifs is 10. The van der Waals surface area contributed by atoms with E-state index >= 15 is 0 Å². The van der Waals surface area contributed by atoms with Crippen molar-refractivity contribution in [1.29, 1.82) is 0 Å². The Morgan fingerprint density at radius 3 is 1.27 bits per heavy atom. The van der Waals surface area contributed by atoms with Crippen molar-refractivity contribution in [2.75, 3.05) is 39.4 Å². The van der Waals surface area contributed by atoms with E-state index in [9.17, 15) is 0 Å². The highest BCUT2D eigenvalue weighted by atomic mass is 16.5. The Hall–Kier alpha value is -5.76. The number of aromatic nitrogens is 2. The Labute approximate surface area is 390 Å². The van der Waals surface area contributed by atoms with Crippen molar-refractivity contribution >= 4 is 43.4 Å². The summed E-state index contributed by atoms with van der Waals surface area (Å²) in [4.78, 5) is 9.58. The summed E-state index contributed by atoms with van der Waals surface area (Å²) < 4.78 is 16.0. The van der Waals surface area contributed by atoms with Crippen molar-refractivity contribution in [3.8, 4) is 0 Å². The van der Waals surface area contributed by atoms with E-state index in [4.69, 9.17) is 19.4 Å². The number of para-hydroxylation sites is 2. The van der Waals surface area contributed by atoms with Gasteiger partial charge >= 0.3 is 0 Å². The van der Waals surface area contributed by atoms with Crippen molar-refractivity contribution in [2.45, 2.75) is 63.1 Å². The molecule has 0 aliphatic carbocycles. The fourth-order valence-corrected chi connectivity index (χ4v) is 13.9. The first-order valence-electron chi connectivity index (χ1n) is 24.5. The van der Waals surface area contributed by atoms with E-state index < -0.39 is 0 Å². The average molecular weight is 873 g/mol. The molecule has 0 amide bonds. The predicted octanol–water partition coefficient (Wildman–Crippen LogP) is 12.8. The van der Waals surface area contributed by atoms with Crippen molar-refractivity contribution in [2.24, 2.45) is 23.7 Å². The van der Waals surface area contributed by atoms with Gasteiger partial charge in [-0.3, -0.25) is 9.97 Å². The highest BCUT2D eigenvalue weighted by molar-refractivity contribution is 6.05. The maximum Gasteiger partial charge on any atom is 0.135 e. The lowest BCUT2D eigenvalue weighted by atomic mass is 9.70. The molecule has 334 valence electrons. The molecule has 6 aliphatic heterocycles. The number of benzene rings is 5. The lowest BCUT2D eigenvalue weighted by Crippen LogP contribution is -2.68. The van der Waals surface area contributed by atoms with E-state index in [1.165, 1.54) is 67.4 Å². The van der Waals surface area contributed by atoms with Gasteiger partial charge in [0.05, 0.1) is 50.4 Å². The SMILES string of the molecule is C=CCO[C@H](c1ccnc2ccccc12)[C@H]1C[C@@H]2CC[N@@+]1(Cc1c3ccccc3c(C[N@@+]34CC[C@@H](C[C@@H]3[C@H](OCC=C)c3ccnc5ccccc35)[C@@H](C=C)C4)c3ccccc13)C[C@@H]2C=C. The van der Waals surface area contributed by atoms with Crippen LogP contribution in [0.1, 0.15) is 60.1 Å². The van der Waals surface area contributed by atoms with Crippen LogP contribution in [0.5, 0.6) is 0 Å². The standard InChI is InChI=1S/C60H64N4O2/c1-5-33-65-59(51-25-29-61-55-23-15-13-21-49(51)55)57-35-43-27-31-63(57,37-41(43)7-3)39-53-45-17-9-11-19-47(45)54(48-20-12-10-18-46(48)53)40-64-32-28-44(42(8-4)38-64)36-58(64)60(66-34-6-2)52-26-30-62-56-24-16-14-22-50(52)56/h5-26,29-30,41-44,57-60H,1-4,27-28,31-40H2/q+2/t41-,42-,43-,44-,57+,58+,59+,60+,63-,64-/m0/s1. The van der Waals surface area contributed by atoms with Crippen LogP contribution in [-0.4, -0.2) is 70.4 Å². The summed E-state index contributed by atoms with van der Waals surface area (Å²) in [7, 11) is 0. The third kappa shape index (κ3) is 7.25. The number of pyridine rings is 2. The first-order valence-corrected chi connectivity index (χ1v) is 24.5. The quantitative estimate of drug-likeness (QED) is 0.0551. The molecule has 8 heterocycles. The Balaban J connectivity index is 1.06. The molecule has 0 N–H and O–H groups in total. The molecule has 0 spiro atoms. The van der Waals surface area contributed by atoms with E-state index in [-0.39, 0.29) is 24.3 Å². The number of nitrogens with zero attached hydrogens (tertiary/aromatic N) is 4. The molecule has 6 heteroatoms. The molecule has 6 fully saturated rings. The Morgan fingerprint density at radius 2 is 0.894 bits per heavy atom. The molecule has 0 saturated carbocycles. The summed E-state index contributed by atoms with van der Waals surface area (Å²) in [6.07, 6.45) is 16.7. The molecule has 66 heavy (non-hydrogen) atoms. The van der Waals surface area contributed by atoms with Crippen LogP contribution < -0.4 is 0 Å². The molecule has 6 aliphatic rings. The van der Waals surface area contributed by atoms with E-state index in [2.05, 4.69) is 148 Å². The number of hydrogen-bond donors (Lipinski definition) is 0. The monoisotopic (exact) mass is 873 g/mol. The summed E-state index contributed by atoms with van der Waals surface area (Å²) in [6.45, 7) is 24.3. The van der Waals surface area contributed by atoms with Crippen LogP contribution in [-0.2, 0) is 22.6 Å². The lowest BCUT2D eigenvalue weighted by Gasteiger charge is -2.59. The Bertz CT molecular complexity index is 2710. The molecular weight excluding hydrogens is 809 g/mol. The van der Waals surface area contributed by atoms with Crippen LogP contribution >= 0.6 is 0 Å². The second kappa shape index (κ2) is 17.8. The first kappa shape index (κ1) is 42.8. The fourth-order valence-electron chi connectivity index (χ4n) is 13.9. The highest BCUT2D eigenvalue weighted by Crippen LogP contribution is 2.53. The highest BCUT2D eigenvalue weighted by Gasteiger charge is 2.57. The third-order valence-corrected chi connectivity index (χ3v) is 16.9. The first-order chi connectivity index (χ1) is 32.5. The van der Waals surface area contributed by atoms with Gasteiger partial charge in [0, 0.05) is 71.8 Å². The summed E-state index contributed by atoms with van der Waals surface area (Å²) >= 11 is 0. The summed E-state index contributed by atoms with van der Waals surface area (Å²) in [5, 5.41) is 7.85. The Kier molecular flexibility index (Phi) is 11.6. The van der Waals surface area contributed by atoms with Gasteiger partial charge in [0.15, 0.2) is 0 Å². The number of hydrogen-bond acceptors (Lipinski definition) is 4. The van der Waals surface area contributed by atoms with Gasteiger partial charge in [-0.25, -0.2) is 0 Å². The van der Waals surface area contributed by atoms with Crippen LogP contribution in [0.15, 0.2) is 172 Å². The molecule has 0 radical (unpaired) electrons. The minimum Gasteiger partial charge on any atom is -0.363 e. The van der Waals surface area contributed by atoms with Crippen LogP contribution in [0, 0.1) is 23.7 Å². The normalized spacial score (nSPS) is 27.8.